The second kappa shape index (κ2) is 9.75. The highest BCUT2D eigenvalue weighted by atomic mass is 35.5. The van der Waals surface area contributed by atoms with Gasteiger partial charge in [0.2, 0.25) is 20.0 Å². The minimum atomic E-state index is -3.90. The fraction of sp³-hybridized carbons (Fsp3) is 0.600. The average Bonchev–Trinajstić information content (AvgIpc) is 2.59. The van der Waals surface area contributed by atoms with E-state index in [0.29, 0.717) is 12.8 Å². The third-order valence-corrected chi connectivity index (χ3v) is 7.13. The number of anilines is 1. The zero-order valence-electron chi connectivity index (χ0n) is 15.4. The quantitative estimate of drug-likeness (QED) is 0.519. The van der Waals surface area contributed by atoms with E-state index in [1.807, 2.05) is 13.8 Å². The Morgan fingerprint density at radius 1 is 1.12 bits per heavy atom. The Morgan fingerprint density at radius 3 is 2.12 bits per heavy atom. The molecule has 1 rings (SSSR count). The first-order valence-corrected chi connectivity index (χ1v) is 11.1. The van der Waals surface area contributed by atoms with E-state index in [-0.39, 0.29) is 41.0 Å². The highest BCUT2D eigenvalue weighted by Gasteiger charge is 2.32. The van der Waals surface area contributed by atoms with Gasteiger partial charge in [0.1, 0.15) is 10.6 Å². The molecule has 0 spiro atoms. The van der Waals surface area contributed by atoms with Gasteiger partial charge in [-0.2, -0.15) is 0 Å². The molecular formula is C15H28ClN3O5S2. The molecule has 0 aliphatic carbocycles. The Hall–Kier alpha value is -1.07. The summed E-state index contributed by atoms with van der Waals surface area (Å²) < 4.78 is 59.0. The van der Waals surface area contributed by atoms with E-state index in [4.69, 9.17) is 10.5 Å². The summed E-state index contributed by atoms with van der Waals surface area (Å²) in [7, 11) is -6.05. The van der Waals surface area contributed by atoms with Crippen LogP contribution in [0.5, 0.6) is 5.75 Å². The summed E-state index contributed by atoms with van der Waals surface area (Å²) in [6.07, 6.45) is 1.08. The summed E-state index contributed by atoms with van der Waals surface area (Å²) in [4.78, 5) is -0.0748. The van der Waals surface area contributed by atoms with Crippen LogP contribution in [0.2, 0.25) is 0 Å². The molecule has 0 saturated carbocycles. The molecular weight excluding hydrogens is 402 g/mol. The molecule has 0 fully saturated rings. The van der Waals surface area contributed by atoms with Crippen LogP contribution in [0.3, 0.4) is 0 Å². The van der Waals surface area contributed by atoms with Gasteiger partial charge in [-0.1, -0.05) is 13.8 Å². The largest absolute Gasteiger partial charge is 0.495 e. The standard InChI is InChI=1S/C15H27N3O5S2.ClH/c1-5-15(6-2,11-16)18-25(21,22)14-9-8-12(10-13(14)23-4)17-24(19,20)7-3;/h8-10,17-18H,5-7,11,16H2,1-4H3;1H. The highest BCUT2D eigenvalue weighted by molar-refractivity contribution is 7.92. The predicted octanol–water partition coefficient (Wildman–Crippen LogP) is 1.67. The first kappa shape index (κ1) is 24.9. The second-order valence-electron chi connectivity index (χ2n) is 5.67. The van der Waals surface area contributed by atoms with Gasteiger partial charge < -0.3 is 10.5 Å². The summed E-state index contributed by atoms with van der Waals surface area (Å²) >= 11 is 0. The van der Waals surface area contributed by atoms with Gasteiger partial charge in [0.05, 0.1) is 18.6 Å². The van der Waals surface area contributed by atoms with Crippen molar-refractivity contribution in [2.75, 3.05) is 24.1 Å². The molecule has 26 heavy (non-hydrogen) atoms. The van der Waals surface area contributed by atoms with Crippen molar-refractivity contribution in [2.45, 2.75) is 44.0 Å². The van der Waals surface area contributed by atoms with Crippen molar-refractivity contribution in [1.82, 2.24) is 4.72 Å². The number of halogens is 1. The van der Waals surface area contributed by atoms with Crippen LogP contribution in [-0.2, 0) is 20.0 Å². The minimum Gasteiger partial charge on any atom is -0.495 e. The highest BCUT2D eigenvalue weighted by Crippen LogP contribution is 2.29. The topological polar surface area (TPSA) is 128 Å². The molecule has 1 aromatic carbocycles. The molecule has 0 aliphatic rings. The van der Waals surface area contributed by atoms with Crippen molar-refractivity contribution in [3.8, 4) is 5.75 Å². The molecule has 0 heterocycles. The number of hydrogen-bond acceptors (Lipinski definition) is 6. The van der Waals surface area contributed by atoms with E-state index >= 15 is 0 Å². The van der Waals surface area contributed by atoms with Crippen molar-refractivity contribution in [3.05, 3.63) is 18.2 Å². The maximum absolute atomic E-state index is 12.8. The second-order valence-corrected chi connectivity index (χ2v) is 9.33. The average molecular weight is 430 g/mol. The van der Waals surface area contributed by atoms with Crippen molar-refractivity contribution in [3.63, 3.8) is 0 Å². The van der Waals surface area contributed by atoms with Gasteiger partial charge >= 0.3 is 0 Å². The Balaban J connectivity index is 0.00000625. The van der Waals surface area contributed by atoms with Crippen LogP contribution in [0.4, 0.5) is 5.69 Å². The third-order valence-electron chi connectivity index (χ3n) is 4.20. The normalized spacial score (nSPS) is 12.3. The van der Waals surface area contributed by atoms with Crippen LogP contribution < -0.4 is 19.9 Å². The molecule has 11 heteroatoms. The molecule has 0 aromatic heterocycles. The van der Waals surface area contributed by atoms with E-state index in [1.54, 1.807) is 0 Å². The van der Waals surface area contributed by atoms with E-state index in [9.17, 15) is 16.8 Å². The lowest BCUT2D eigenvalue weighted by Gasteiger charge is -2.31. The number of hydrogen-bond donors (Lipinski definition) is 3. The summed E-state index contributed by atoms with van der Waals surface area (Å²) in [5.41, 5.74) is 5.25. The van der Waals surface area contributed by atoms with Crippen molar-refractivity contribution < 1.29 is 21.6 Å². The van der Waals surface area contributed by atoms with Gasteiger partial charge in [0.25, 0.3) is 0 Å². The molecule has 1 aromatic rings. The lowest BCUT2D eigenvalue weighted by atomic mass is 9.95. The van der Waals surface area contributed by atoms with Crippen molar-refractivity contribution in [1.29, 1.82) is 0 Å². The predicted molar refractivity (Wildman–Crippen MR) is 106 cm³/mol. The van der Waals surface area contributed by atoms with E-state index in [2.05, 4.69) is 9.44 Å². The Bertz CT molecular complexity index is 785. The SMILES string of the molecule is CCC(CC)(CN)NS(=O)(=O)c1ccc(NS(=O)(=O)CC)cc1OC.Cl. The third kappa shape index (κ3) is 5.98. The number of nitrogens with two attached hydrogens (primary N) is 1. The van der Waals surface area contributed by atoms with Gasteiger partial charge in [-0.3, -0.25) is 4.72 Å². The number of nitrogens with one attached hydrogen (secondary N) is 2. The summed E-state index contributed by atoms with van der Waals surface area (Å²) in [5, 5.41) is 0. The van der Waals surface area contributed by atoms with Gasteiger partial charge in [-0.05, 0) is 31.9 Å². The zero-order valence-corrected chi connectivity index (χ0v) is 17.9. The monoisotopic (exact) mass is 429 g/mol. The molecule has 0 unspecified atom stereocenters. The molecule has 0 saturated heterocycles. The van der Waals surface area contributed by atoms with Crippen LogP contribution in [0, 0.1) is 0 Å². The van der Waals surface area contributed by atoms with Gasteiger partial charge in [-0.25, -0.2) is 21.6 Å². The van der Waals surface area contributed by atoms with Gasteiger partial charge in [-0.15, -0.1) is 12.4 Å². The fourth-order valence-electron chi connectivity index (χ4n) is 2.27. The first-order chi connectivity index (χ1) is 11.6. The first-order valence-electron chi connectivity index (χ1n) is 8.01. The maximum Gasteiger partial charge on any atom is 0.244 e. The van der Waals surface area contributed by atoms with Crippen molar-refractivity contribution in [2.24, 2.45) is 5.73 Å². The molecule has 0 amide bonds. The van der Waals surface area contributed by atoms with Gasteiger partial charge in [0, 0.05) is 18.2 Å². The number of benzene rings is 1. The van der Waals surface area contributed by atoms with Crippen LogP contribution in [-0.4, -0.2) is 41.8 Å². The lowest BCUT2D eigenvalue weighted by Crippen LogP contribution is -2.52. The maximum atomic E-state index is 12.8. The van der Waals surface area contributed by atoms with Crippen molar-refractivity contribution >= 4 is 38.1 Å². The van der Waals surface area contributed by atoms with E-state index in [0.717, 1.165) is 0 Å². The minimum absolute atomic E-state index is 0. The van der Waals surface area contributed by atoms with Crippen LogP contribution >= 0.6 is 12.4 Å². The fourth-order valence-corrected chi connectivity index (χ4v) is 4.61. The Labute approximate surface area is 162 Å². The number of rotatable bonds is 10. The Kier molecular flexibility index (Phi) is 9.35. The van der Waals surface area contributed by atoms with Gasteiger partial charge in [0.15, 0.2) is 0 Å². The van der Waals surface area contributed by atoms with Crippen LogP contribution in [0.15, 0.2) is 23.1 Å². The molecule has 0 radical (unpaired) electrons. The molecule has 0 bridgehead atoms. The van der Waals surface area contributed by atoms with Crippen LogP contribution in [0.25, 0.3) is 0 Å². The smallest absolute Gasteiger partial charge is 0.244 e. The van der Waals surface area contributed by atoms with E-state index < -0.39 is 25.6 Å². The number of ether oxygens (including phenoxy) is 1. The molecule has 0 aliphatic heterocycles. The Morgan fingerprint density at radius 2 is 1.69 bits per heavy atom. The molecule has 0 atom stereocenters. The van der Waals surface area contributed by atoms with Crippen LogP contribution in [0.1, 0.15) is 33.6 Å². The molecule has 152 valence electrons. The number of sulfonamides is 2. The molecule has 8 nitrogen and oxygen atoms in total. The lowest BCUT2D eigenvalue weighted by molar-refractivity contribution is 0.360. The number of methoxy groups -OCH3 is 1. The summed E-state index contributed by atoms with van der Waals surface area (Å²) in [5.74, 6) is -0.0509. The summed E-state index contributed by atoms with van der Waals surface area (Å²) in [6, 6.07) is 4.03. The van der Waals surface area contributed by atoms with E-state index in [1.165, 1.54) is 32.2 Å². The zero-order chi connectivity index (χ0) is 19.3. The molecule has 4 N–H and O–H groups in total. The summed E-state index contributed by atoms with van der Waals surface area (Å²) in [6.45, 7) is 5.39.